The van der Waals surface area contributed by atoms with E-state index in [0.717, 1.165) is 35.2 Å². The van der Waals surface area contributed by atoms with E-state index in [-0.39, 0.29) is 16.9 Å². The predicted molar refractivity (Wildman–Crippen MR) is 128 cm³/mol. The van der Waals surface area contributed by atoms with Gasteiger partial charge in [-0.2, -0.15) is 0 Å². The van der Waals surface area contributed by atoms with Gasteiger partial charge >= 0.3 is 5.97 Å². The first-order valence-corrected chi connectivity index (χ1v) is 11.9. The van der Waals surface area contributed by atoms with Gasteiger partial charge in [0.1, 0.15) is 17.2 Å². The molecule has 0 amide bonds. The van der Waals surface area contributed by atoms with Gasteiger partial charge in [-0.15, -0.1) is 11.3 Å². The average molecular weight is 467 g/mol. The molecule has 0 aromatic carbocycles. The van der Waals surface area contributed by atoms with Crippen LogP contribution in [0.25, 0.3) is 11.7 Å². The van der Waals surface area contributed by atoms with Crippen molar-refractivity contribution in [2.75, 3.05) is 18.0 Å². The van der Waals surface area contributed by atoms with Crippen LogP contribution in [0, 0.1) is 0 Å². The summed E-state index contributed by atoms with van der Waals surface area (Å²) in [7, 11) is 0. The lowest BCUT2D eigenvalue weighted by molar-refractivity contribution is -0.131. The minimum absolute atomic E-state index is 0.177. The first kappa shape index (κ1) is 22.8. The van der Waals surface area contributed by atoms with E-state index in [4.69, 9.17) is 10.1 Å². The van der Waals surface area contributed by atoms with E-state index in [0.29, 0.717) is 43.3 Å². The molecule has 1 saturated heterocycles. The molecule has 0 spiro atoms. The van der Waals surface area contributed by atoms with Crippen LogP contribution in [0.5, 0.6) is 0 Å². The van der Waals surface area contributed by atoms with E-state index < -0.39 is 5.97 Å². The molecule has 0 atom stereocenters. The van der Waals surface area contributed by atoms with Crippen LogP contribution >= 0.6 is 11.3 Å². The zero-order valence-corrected chi connectivity index (χ0v) is 19.5. The number of carbonyl (C=O) groups excluding carboxylic acids is 1. The molecule has 33 heavy (non-hydrogen) atoms. The van der Waals surface area contributed by atoms with Crippen molar-refractivity contribution in [3.05, 3.63) is 62.0 Å². The van der Waals surface area contributed by atoms with Crippen molar-refractivity contribution in [1.29, 1.82) is 0 Å². The van der Waals surface area contributed by atoms with Gasteiger partial charge in [0.05, 0.1) is 16.3 Å². The summed E-state index contributed by atoms with van der Waals surface area (Å²) in [6, 6.07) is 3.78. The molecule has 3 aromatic rings. The largest absolute Gasteiger partial charge is 0.478 e. The van der Waals surface area contributed by atoms with E-state index in [9.17, 15) is 14.4 Å². The van der Waals surface area contributed by atoms with Gasteiger partial charge in [-0.3, -0.25) is 14.0 Å². The highest BCUT2D eigenvalue weighted by atomic mass is 32.1. The number of carbonyl (C=O) groups is 2. The number of nitrogens with zero attached hydrogens (tertiary/aromatic N) is 4. The summed E-state index contributed by atoms with van der Waals surface area (Å²) in [5, 5.41) is 12.2. The highest BCUT2D eigenvalue weighted by Gasteiger charge is 2.22. The number of anilines is 1. The van der Waals surface area contributed by atoms with Gasteiger partial charge in [0.15, 0.2) is 0 Å². The molecule has 4 heterocycles. The zero-order chi connectivity index (χ0) is 23.5. The Bertz CT molecular complexity index is 1280. The minimum Gasteiger partial charge on any atom is -0.478 e. The summed E-state index contributed by atoms with van der Waals surface area (Å²) >= 11 is 1.66. The molecule has 1 aliphatic rings. The summed E-state index contributed by atoms with van der Waals surface area (Å²) in [5.41, 5.74) is 2.52. The molecule has 3 aromatic heterocycles. The number of rotatable bonds is 7. The maximum absolute atomic E-state index is 13.2. The number of carboxylic acids is 1. The summed E-state index contributed by atoms with van der Waals surface area (Å²) in [6.07, 6.45) is 6.26. The molecule has 0 saturated carbocycles. The fourth-order valence-electron chi connectivity index (χ4n) is 3.80. The second-order valence-corrected chi connectivity index (χ2v) is 9.38. The average Bonchev–Trinajstić information content (AvgIpc) is 3.27. The van der Waals surface area contributed by atoms with Crippen molar-refractivity contribution < 1.29 is 14.7 Å². The Hall–Kier alpha value is -3.33. The number of aryl methyl sites for hydroxylation is 2. The number of fused-ring (bicyclic) bond motifs is 1. The van der Waals surface area contributed by atoms with Crippen LogP contribution in [0.2, 0.25) is 0 Å². The highest BCUT2D eigenvalue weighted by Crippen LogP contribution is 2.23. The number of aliphatic carboxylic acids is 1. The Morgan fingerprint density at radius 1 is 1.21 bits per heavy atom. The quantitative estimate of drug-likeness (QED) is 0.533. The molecule has 0 aliphatic carbocycles. The van der Waals surface area contributed by atoms with Crippen molar-refractivity contribution in [2.45, 2.75) is 45.4 Å². The Kier molecular flexibility index (Phi) is 6.69. The monoisotopic (exact) mass is 466 g/mol. The third-order valence-corrected chi connectivity index (χ3v) is 6.64. The van der Waals surface area contributed by atoms with Crippen molar-refractivity contribution in [3.63, 3.8) is 0 Å². The van der Waals surface area contributed by atoms with Crippen molar-refractivity contribution >= 4 is 40.6 Å². The van der Waals surface area contributed by atoms with Gasteiger partial charge in [0, 0.05) is 50.0 Å². The number of thiazole rings is 1. The molecule has 1 aliphatic heterocycles. The summed E-state index contributed by atoms with van der Waals surface area (Å²) in [5.74, 6) is -0.141. The number of aromatic nitrogens is 3. The number of piperidine rings is 1. The maximum atomic E-state index is 13.2. The Morgan fingerprint density at radius 3 is 2.64 bits per heavy atom. The minimum atomic E-state index is -1.14. The van der Waals surface area contributed by atoms with Crippen LogP contribution in [0.1, 0.15) is 54.4 Å². The standard InChI is InChI=1S/C24H26N4O4S/c1-15(2)19-14-33-21(25-19)5-3-16-7-12-28-20(13-16)26-23(27-10-8-17(29)9-11-27)18(24(28)32)4-6-22(30)31/h4,6-7,12-15H,3,5,8-11H2,1-2H3,(H,30,31). The predicted octanol–water partition coefficient (Wildman–Crippen LogP) is 3.33. The lowest BCUT2D eigenvalue weighted by Gasteiger charge is -2.28. The smallest absolute Gasteiger partial charge is 0.328 e. The zero-order valence-electron chi connectivity index (χ0n) is 18.7. The van der Waals surface area contributed by atoms with Gasteiger partial charge in [-0.25, -0.2) is 14.8 Å². The normalized spacial score (nSPS) is 14.6. The topological polar surface area (TPSA) is 105 Å². The van der Waals surface area contributed by atoms with Gasteiger partial charge in [-0.1, -0.05) is 13.8 Å². The third kappa shape index (κ3) is 5.19. The fraction of sp³-hybridized carbons (Fsp3) is 0.375. The molecular formula is C24H26N4O4S. The molecule has 4 rings (SSSR count). The number of pyridine rings is 1. The summed E-state index contributed by atoms with van der Waals surface area (Å²) < 4.78 is 1.43. The number of carboxylic acid groups (broad SMARTS) is 1. The molecular weight excluding hydrogens is 440 g/mol. The van der Waals surface area contributed by atoms with E-state index >= 15 is 0 Å². The van der Waals surface area contributed by atoms with Crippen LogP contribution in [-0.4, -0.2) is 44.3 Å². The number of Topliss-reactive ketones (excluding diaryl/α,β-unsaturated/α-hetero) is 1. The Balaban J connectivity index is 1.68. The lowest BCUT2D eigenvalue weighted by Crippen LogP contribution is -2.36. The van der Waals surface area contributed by atoms with Crippen LogP contribution < -0.4 is 10.5 Å². The SMILES string of the molecule is CC(C)c1csc(CCc2ccn3c(=O)c(C=CC(=O)O)c(N4CCC(=O)CC4)nc3c2)n1. The fourth-order valence-corrected chi connectivity index (χ4v) is 4.76. The van der Waals surface area contributed by atoms with Crippen LogP contribution in [0.15, 0.2) is 34.6 Å². The third-order valence-electron chi connectivity index (χ3n) is 5.71. The molecule has 0 bridgehead atoms. The molecule has 8 nitrogen and oxygen atoms in total. The Labute approximate surface area is 195 Å². The molecule has 9 heteroatoms. The number of ketones is 1. The molecule has 0 unspecified atom stereocenters. The van der Waals surface area contributed by atoms with Gasteiger partial charge in [0.25, 0.3) is 5.56 Å². The second-order valence-electron chi connectivity index (χ2n) is 8.44. The van der Waals surface area contributed by atoms with Crippen LogP contribution in [0.4, 0.5) is 5.82 Å². The maximum Gasteiger partial charge on any atom is 0.328 e. The Morgan fingerprint density at radius 2 is 1.97 bits per heavy atom. The number of hydrogen-bond donors (Lipinski definition) is 1. The summed E-state index contributed by atoms with van der Waals surface area (Å²) in [6.45, 7) is 5.16. The van der Waals surface area contributed by atoms with Crippen LogP contribution in [0.3, 0.4) is 0 Å². The van der Waals surface area contributed by atoms with Crippen LogP contribution in [-0.2, 0) is 22.4 Å². The molecule has 172 valence electrons. The lowest BCUT2D eigenvalue weighted by atomic mass is 10.1. The van der Waals surface area contributed by atoms with Gasteiger partial charge < -0.3 is 10.0 Å². The molecule has 0 radical (unpaired) electrons. The first-order valence-electron chi connectivity index (χ1n) is 11.0. The van der Waals surface area contributed by atoms with Crippen molar-refractivity contribution in [1.82, 2.24) is 14.4 Å². The number of hydrogen-bond acceptors (Lipinski definition) is 7. The summed E-state index contributed by atoms with van der Waals surface area (Å²) in [4.78, 5) is 47.3. The van der Waals surface area contributed by atoms with E-state index in [2.05, 4.69) is 24.2 Å². The second kappa shape index (κ2) is 9.66. The van der Waals surface area contributed by atoms with E-state index in [1.165, 1.54) is 10.5 Å². The molecule has 1 fully saturated rings. The van der Waals surface area contributed by atoms with Gasteiger partial charge in [0.2, 0.25) is 0 Å². The van der Waals surface area contributed by atoms with E-state index in [1.807, 2.05) is 17.0 Å². The van der Waals surface area contributed by atoms with Gasteiger partial charge in [-0.05, 0) is 36.1 Å². The highest BCUT2D eigenvalue weighted by molar-refractivity contribution is 7.09. The van der Waals surface area contributed by atoms with Crippen molar-refractivity contribution in [3.8, 4) is 0 Å². The molecule has 1 N–H and O–H groups in total. The van der Waals surface area contributed by atoms with E-state index in [1.54, 1.807) is 17.5 Å². The van der Waals surface area contributed by atoms with Crippen molar-refractivity contribution in [2.24, 2.45) is 0 Å². The first-order chi connectivity index (χ1) is 15.8.